The number of carbonyl (C=O) groups excluding carboxylic acids is 1. The summed E-state index contributed by atoms with van der Waals surface area (Å²) >= 11 is 0. The zero-order valence-corrected chi connectivity index (χ0v) is 14.7. The molecule has 3 heterocycles. The summed E-state index contributed by atoms with van der Waals surface area (Å²) in [5.74, 6) is -0.327. The van der Waals surface area contributed by atoms with Crippen molar-refractivity contribution in [2.75, 3.05) is 20.6 Å². The van der Waals surface area contributed by atoms with Gasteiger partial charge in [0.15, 0.2) is 5.69 Å². The third-order valence-corrected chi connectivity index (χ3v) is 5.84. The predicted molar refractivity (Wildman–Crippen MR) is 88.5 cm³/mol. The summed E-state index contributed by atoms with van der Waals surface area (Å²) in [4.78, 5) is 20.4. The van der Waals surface area contributed by atoms with Crippen molar-refractivity contribution in [1.29, 1.82) is 0 Å². The monoisotopic (exact) mass is 365 g/mol. The van der Waals surface area contributed by atoms with Crippen molar-refractivity contribution in [2.24, 2.45) is 0 Å². The average Bonchev–Trinajstić information content (AvgIpc) is 3.03. The first-order valence-corrected chi connectivity index (χ1v) is 9.06. The maximum absolute atomic E-state index is 12.4. The summed E-state index contributed by atoms with van der Waals surface area (Å²) in [6, 6.07) is 0. The third-order valence-electron chi connectivity index (χ3n) is 3.95. The van der Waals surface area contributed by atoms with Crippen LogP contribution in [-0.2, 0) is 29.7 Å². The molecule has 1 aliphatic heterocycles. The molecule has 1 aliphatic rings. The van der Waals surface area contributed by atoms with E-state index in [0.717, 1.165) is 5.56 Å². The maximum Gasteiger partial charge on any atom is 0.281 e. The molecule has 0 fully saturated rings. The summed E-state index contributed by atoms with van der Waals surface area (Å²) in [6.45, 7) is 0.715. The Morgan fingerprint density at radius 2 is 2.20 bits per heavy atom. The Bertz CT molecular complexity index is 864. The van der Waals surface area contributed by atoms with Crippen LogP contribution < -0.4 is 5.32 Å². The van der Waals surface area contributed by atoms with Crippen LogP contribution >= 0.6 is 0 Å². The van der Waals surface area contributed by atoms with E-state index in [1.165, 1.54) is 22.7 Å². The lowest BCUT2D eigenvalue weighted by Crippen LogP contribution is -2.43. The number of H-pyrrole nitrogens is 1. The zero-order chi connectivity index (χ0) is 18.0. The molecule has 2 N–H and O–H groups in total. The highest BCUT2D eigenvalue weighted by molar-refractivity contribution is 7.86. The second-order valence-electron chi connectivity index (χ2n) is 5.78. The Morgan fingerprint density at radius 3 is 2.88 bits per heavy atom. The van der Waals surface area contributed by atoms with Crippen molar-refractivity contribution in [3.8, 4) is 0 Å². The quantitative estimate of drug-likeness (QED) is 0.722. The largest absolute Gasteiger partial charge is 0.345 e. The van der Waals surface area contributed by atoms with Gasteiger partial charge in [-0.3, -0.25) is 19.9 Å². The van der Waals surface area contributed by atoms with Crippen LogP contribution in [0.2, 0.25) is 0 Å². The van der Waals surface area contributed by atoms with Crippen LogP contribution in [0.25, 0.3) is 0 Å². The zero-order valence-electron chi connectivity index (χ0n) is 13.9. The molecule has 2 aromatic rings. The molecule has 10 nitrogen and oxygen atoms in total. The van der Waals surface area contributed by atoms with Gasteiger partial charge in [-0.25, -0.2) is 0 Å². The minimum atomic E-state index is -3.50. The molecule has 0 saturated heterocycles. The molecule has 1 amide bonds. The number of nitrogens with zero attached hydrogens (tertiary/aromatic N) is 5. The summed E-state index contributed by atoms with van der Waals surface area (Å²) in [5.41, 5.74) is 2.33. The molecule has 25 heavy (non-hydrogen) atoms. The Balaban J connectivity index is 1.71. The number of rotatable bonds is 5. The Kier molecular flexibility index (Phi) is 4.79. The summed E-state index contributed by atoms with van der Waals surface area (Å²) in [5, 5.41) is 9.59. The minimum absolute atomic E-state index is 0.167. The molecule has 0 aromatic carbocycles. The average molecular weight is 365 g/mol. The number of nitrogens with one attached hydrogen (secondary N) is 2. The molecule has 0 spiro atoms. The van der Waals surface area contributed by atoms with Gasteiger partial charge in [-0.2, -0.15) is 22.1 Å². The molecule has 0 radical (unpaired) electrons. The van der Waals surface area contributed by atoms with Gasteiger partial charge in [-0.1, -0.05) is 0 Å². The number of amides is 1. The van der Waals surface area contributed by atoms with E-state index in [2.05, 4.69) is 25.5 Å². The first kappa shape index (κ1) is 17.5. The molecule has 3 rings (SSSR count). The van der Waals surface area contributed by atoms with E-state index in [0.29, 0.717) is 30.0 Å². The van der Waals surface area contributed by atoms with E-state index in [-0.39, 0.29) is 19.0 Å². The molecule has 0 atom stereocenters. The maximum atomic E-state index is 12.4. The summed E-state index contributed by atoms with van der Waals surface area (Å²) in [7, 11) is -0.518. The second-order valence-corrected chi connectivity index (χ2v) is 7.92. The second kappa shape index (κ2) is 6.86. The molecule has 0 aliphatic carbocycles. The number of carbonyl (C=O) groups is 1. The predicted octanol–water partition coefficient (Wildman–Crippen LogP) is -0.706. The van der Waals surface area contributed by atoms with Gasteiger partial charge in [0.1, 0.15) is 0 Å². The Labute approximate surface area is 145 Å². The van der Waals surface area contributed by atoms with E-state index in [1.54, 1.807) is 18.6 Å². The first-order chi connectivity index (χ1) is 11.9. The fourth-order valence-corrected chi connectivity index (χ4v) is 3.66. The van der Waals surface area contributed by atoms with E-state index in [4.69, 9.17) is 0 Å². The molecule has 11 heteroatoms. The van der Waals surface area contributed by atoms with Gasteiger partial charge >= 0.3 is 0 Å². The van der Waals surface area contributed by atoms with Crippen LogP contribution in [0.1, 0.15) is 27.4 Å². The van der Waals surface area contributed by atoms with E-state index in [1.807, 2.05) is 0 Å². The van der Waals surface area contributed by atoms with Gasteiger partial charge in [0.2, 0.25) is 0 Å². The summed E-state index contributed by atoms with van der Waals surface area (Å²) in [6.07, 6.45) is 5.11. The van der Waals surface area contributed by atoms with Crippen molar-refractivity contribution >= 4 is 16.1 Å². The van der Waals surface area contributed by atoms with Crippen LogP contribution in [0, 0.1) is 0 Å². The third kappa shape index (κ3) is 3.52. The highest BCUT2D eigenvalue weighted by atomic mass is 32.2. The lowest BCUT2D eigenvalue weighted by molar-refractivity contribution is 0.0944. The number of hydrogen-bond acceptors (Lipinski definition) is 6. The summed E-state index contributed by atoms with van der Waals surface area (Å²) < 4.78 is 27.0. The molecule has 134 valence electrons. The number of aromatic nitrogens is 4. The van der Waals surface area contributed by atoms with E-state index < -0.39 is 10.2 Å². The van der Waals surface area contributed by atoms with E-state index >= 15 is 0 Å². The first-order valence-electron chi connectivity index (χ1n) is 7.66. The van der Waals surface area contributed by atoms with Gasteiger partial charge in [0.25, 0.3) is 16.1 Å². The van der Waals surface area contributed by atoms with Gasteiger partial charge in [-0.05, 0) is 6.42 Å². The van der Waals surface area contributed by atoms with Crippen LogP contribution in [0.5, 0.6) is 0 Å². The lowest BCUT2D eigenvalue weighted by atomic mass is 10.1. The van der Waals surface area contributed by atoms with Crippen molar-refractivity contribution in [3.63, 3.8) is 0 Å². The van der Waals surface area contributed by atoms with Gasteiger partial charge in [0.05, 0.1) is 30.7 Å². The Hall–Kier alpha value is -2.37. The number of fused-ring (bicyclic) bond motifs is 1. The van der Waals surface area contributed by atoms with Gasteiger partial charge in [-0.15, -0.1) is 0 Å². The smallest absolute Gasteiger partial charge is 0.281 e. The van der Waals surface area contributed by atoms with Gasteiger partial charge < -0.3 is 5.32 Å². The highest BCUT2D eigenvalue weighted by Crippen LogP contribution is 2.22. The molecule has 0 unspecified atom stereocenters. The van der Waals surface area contributed by atoms with Crippen molar-refractivity contribution in [3.05, 3.63) is 41.2 Å². The normalized spacial score (nSPS) is 15.2. The lowest BCUT2D eigenvalue weighted by Gasteiger charge is -2.28. The van der Waals surface area contributed by atoms with Crippen molar-refractivity contribution < 1.29 is 13.2 Å². The SMILES string of the molecule is CN(C)S(=O)(=O)N1CCc2c(C(=O)NCc3cnccn3)n[nH]c2C1. The molecular formula is C14H19N7O3S. The van der Waals surface area contributed by atoms with Crippen molar-refractivity contribution in [2.45, 2.75) is 19.5 Å². The fourth-order valence-electron chi connectivity index (χ4n) is 2.58. The fraction of sp³-hybridized carbons (Fsp3) is 0.429. The number of hydrogen-bond donors (Lipinski definition) is 2. The van der Waals surface area contributed by atoms with E-state index in [9.17, 15) is 13.2 Å². The standard InChI is InChI=1S/C14H19N7O3S/c1-20(2)25(23,24)21-6-3-11-12(9-21)18-19-13(11)14(22)17-8-10-7-15-4-5-16-10/h4-5,7H,3,6,8-9H2,1-2H3,(H,17,22)(H,18,19). The van der Waals surface area contributed by atoms with Crippen LogP contribution in [0.15, 0.2) is 18.6 Å². The number of aromatic amines is 1. The van der Waals surface area contributed by atoms with Crippen LogP contribution in [0.4, 0.5) is 0 Å². The molecule has 2 aromatic heterocycles. The highest BCUT2D eigenvalue weighted by Gasteiger charge is 2.32. The topological polar surface area (TPSA) is 124 Å². The molecular weight excluding hydrogens is 346 g/mol. The van der Waals surface area contributed by atoms with Gasteiger partial charge in [0, 0.05) is 38.6 Å². The minimum Gasteiger partial charge on any atom is -0.345 e. The molecule has 0 saturated carbocycles. The van der Waals surface area contributed by atoms with Crippen molar-refractivity contribution in [1.82, 2.24) is 34.1 Å². The van der Waals surface area contributed by atoms with Crippen LogP contribution in [-0.4, -0.2) is 63.7 Å². The van der Waals surface area contributed by atoms with Crippen LogP contribution in [0.3, 0.4) is 0 Å². The Morgan fingerprint density at radius 1 is 1.40 bits per heavy atom. The molecule has 0 bridgehead atoms.